The predicted molar refractivity (Wildman–Crippen MR) is 71.2 cm³/mol. The van der Waals surface area contributed by atoms with E-state index in [0.717, 1.165) is 5.56 Å². The third-order valence-electron chi connectivity index (χ3n) is 3.91. The minimum Gasteiger partial charge on any atom is -0.396 e. The number of rotatable bonds is 5. The maximum Gasteiger partial charge on any atom is 0.233 e. The van der Waals surface area contributed by atoms with Gasteiger partial charge in [-0.05, 0) is 31.7 Å². The van der Waals surface area contributed by atoms with Crippen molar-refractivity contribution in [1.29, 1.82) is 0 Å². The van der Waals surface area contributed by atoms with Gasteiger partial charge in [-0.2, -0.15) is 0 Å². The van der Waals surface area contributed by atoms with Crippen LogP contribution in [0.5, 0.6) is 0 Å². The molecule has 0 aromatic heterocycles. The van der Waals surface area contributed by atoms with Crippen molar-refractivity contribution in [2.45, 2.75) is 26.2 Å². The Kier molecular flexibility index (Phi) is 4.00. The highest BCUT2D eigenvalue weighted by Crippen LogP contribution is 2.39. The van der Waals surface area contributed by atoms with Crippen LogP contribution in [0.4, 0.5) is 0 Å². The minimum absolute atomic E-state index is 0.0411. The molecule has 2 N–H and O–H groups in total. The van der Waals surface area contributed by atoms with Crippen LogP contribution >= 0.6 is 0 Å². The Hall–Kier alpha value is -1.68. The van der Waals surface area contributed by atoms with Gasteiger partial charge >= 0.3 is 0 Å². The second-order valence-corrected chi connectivity index (χ2v) is 5.32. The summed E-state index contributed by atoms with van der Waals surface area (Å²) in [6.07, 6.45) is 1.62. The van der Waals surface area contributed by atoms with Crippen molar-refractivity contribution in [3.63, 3.8) is 0 Å². The van der Waals surface area contributed by atoms with Crippen molar-refractivity contribution in [2.24, 2.45) is 11.3 Å². The van der Waals surface area contributed by atoms with Crippen LogP contribution in [-0.2, 0) is 16.0 Å². The van der Waals surface area contributed by atoms with E-state index in [4.69, 9.17) is 5.11 Å². The van der Waals surface area contributed by atoms with Crippen LogP contribution in [0.1, 0.15) is 25.3 Å². The molecule has 2 atom stereocenters. The van der Waals surface area contributed by atoms with Gasteiger partial charge in [0.15, 0.2) is 0 Å². The van der Waals surface area contributed by atoms with E-state index in [9.17, 15) is 9.59 Å². The molecule has 0 saturated carbocycles. The summed E-state index contributed by atoms with van der Waals surface area (Å²) in [5, 5.41) is 11.3. The molecule has 1 heterocycles. The zero-order valence-electron chi connectivity index (χ0n) is 11.1. The molecule has 2 rings (SSSR count). The number of carbonyl (C=O) groups is 2. The van der Waals surface area contributed by atoms with E-state index < -0.39 is 5.41 Å². The summed E-state index contributed by atoms with van der Waals surface area (Å²) in [5.41, 5.74) is 0.331. The number of benzene rings is 1. The lowest BCUT2D eigenvalue weighted by Crippen LogP contribution is -2.34. The van der Waals surface area contributed by atoms with Crippen molar-refractivity contribution in [3.8, 4) is 0 Å². The standard InChI is InChI=1S/C15H19NO3/c1-15(10-11-6-3-2-4-7-11)12(8-5-9-17)13(18)16-14(15)19/h2-4,6-7,12,17H,5,8-10H2,1H3,(H,16,18,19)/t12-,15+/m0/s1. The second-order valence-electron chi connectivity index (χ2n) is 5.32. The monoisotopic (exact) mass is 261 g/mol. The average molecular weight is 261 g/mol. The number of carbonyl (C=O) groups excluding carboxylic acids is 2. The number of nitrogens with one attached hydrogen (secondary N) is 1. The molecular weight excluding hydrogens is 242 g/mol. The molecule has 4 nitrogen and oxygen atoms in total. The quantitative estimate of drug-likeness (QED) is 0.785. The summed E-state index contributed by atoms with van der Waals surface area (Å²) >= 11 is 0. The summed E-state index contributed by atoms with van der Waals surface area (Å²) in [5.74, 6) is -0.770. The van der Waals surface area contributed by atoms with Crippen LogP contribution in [0.25, 0.3) is 0 Å². The Morgan fingerprint density at radius 3 is 2.58 bits per heavy atom. The lowest BCUT2D eigenvalue weighted by Gasteiger charge is -2.27. The normalized spacial score (nSPS) is 26.5. The average Bonchev–Trinajstić information content (AvgIpc) is 2.59. The number of imide groups is 1. The molecule has 0 radical (unpaired) electrons. The molecule has 1 aliphatic rings. The minimum atomic E-state index is -0.715. The highest BCUT2D eigenvalue weighted by molar-refractivity contribution is 6.07. The van der Waals surface area contributed by atoms with Crippen molar-refractivity contribution in [1.82, 2.24) is 5.32 Å². The van der Waals surface area contributed by atoms with Crippen molar-refractivity contribution >= 4 is 11.8 Å². The van der Waals surface area contributed by atoms with Crippen LogP contribution in [0.2, 0.25) is 0 Å². The largest absolute Gasteiger partial charge is 0.396 e. The molecule has 1 aromatic carbocycles. The van der Waals surface area contributed by atoms with Crippen molar-refractivity contribution in [3.05, 3.63) is 35.9 Å². The molecule has 0 spiro atoms. The fourth-order valence-electron chi connectivity index (χ4n) is 2.76. The van der Waals surface area contributed by atoms with E-state index in [-0.39, 0.29) is 24.3 Å². The molecule has 19 heavy (non-hydrogen) atoms. The SMILES string of the molecule is C[C@]1(Cc2ccccc2)C(=O)NC(=O)[C@@H]1CCCO. The van der Waals surface area contributed by atoms with Crippen LogP contribution in [0.15, 0.2) is 30.3 Å². The fourth-order valence-corrected chi connectivity index (χ4v) is 2.76. The Morgan fingerprint density at radius 1 is 1.26 bits per heavy atom. The maximum atomic E-state index is 12.1. The summed E-state index contributed by atoms with van der Waals surface area (Å²) in [6.45, 7) is 1.88. The first-order valence-corrected chi connectivity index (χ1v) is 6.58. The molecule has 4 heteroatoms. The summed E-state index contributed by atoms with van der Waals surface area (Å²) in [6, 6.07) is 9.70. The van der Waals surface area contributed by atoms with Gasteiger partial charge in [0.2, 0.25) is 11.8 Å². The number of aliphatic hydroxyl groups excluding tert-OH is 1. The molecule has 0 unspecified atom stereocenters. The van der Waals surface area contributed by atoms with E-state index in [1.165, 1.54) is 0 Å². The third-order valence-corrected chi connectivity index (χ3v) is 3.91. The maximum absolute atomic E-state index is 12.1. The molecular formula is C15H19NO3. The molecule has 1 saturated heterocycles. The second kappa shape index (κ2) is 5.53. The van der Waals surface area contributed by atoms with Gasteiger partial charge in [0.25, 0.3) is 0 Å². The summed E-state index contributed by atoms with van der Waals surface area (Å²) in [4.78, 5) is 24.0. The molecule has 1 fully saturated rings. The van der Waals surface area contributed by atoms with E-state index in [2.05, 4.69) is 5.32 Å². The number of hydrogen-bond donors (Lipinski definition) is 2. The molecule has 1 aliphatic heterocycles. The Morgan fingerprint density at radius 2 is 1.95 bits per heavy atom. The van der Waals surface area contributed by atoms with Gasteiger partial charge < -0.3 is 5.11 Å². The molecule has 1 aromatic rings. The smallest absolute Gasteiger partial charge is 0.233 e. The van der Waals surface area contributed by atoms with Crippen LogP contribution in [0, 0.1) is 11.3 Å². The van der Waals surface area contributed by atoms with Gasteiger partial charge in [0.05, 0.1) is 11.3 Å². The van der Waals surface area contributed by atoms with E-state index in [1.54, 1.807) is 0 Å². The van der Waals surface area contributed by atoms with E-state index in [1.807, 2.05) is 37.3 Å². The number of amides is 2. The highest BCUT2D eigenvalue weighted by Gasteiger charge is 2.50. The Bertz CT molecular complexity index is 472. The first-order chi connectivity index (χ1) is 9.08. The van der Waals surface area contributed by atoms with Gasteiger partial charge in [-0.3, -0.25) is 14.9 Å². The number of hydrogen-bond acceptors (Lipinski definition) is 3. The molecule has 2 amide bonds. The van der Waals surface area contributed by atoms with Gasteiger partial charge in [-0.25, -0.2) is 0 Å². The van der Waals surface area contributed by atoms with E-state index in [0.29, 0.717) is 19.3 Å². The third kappa shape index (κ3) is 2.68. The summed E-state index contributed by atoms with van der Waals surface area (Å²) in [7, 11) is 0. The molecule has 102 valence electrons. The van der Waals surface area contributed by atoms with Gasteiger partial charge in [-0.1, -0.05) is 30.3 Å². The van der Waals surface area contributed by atoms with Crippen molar-refractivity contribution in [2.75, 3.05) is 6.61 Å². The zero-order chi connectivity index (χ0) is 13.9. The van der Waals surface area contributed by atoms with Gasteiger partial charge in [0.1, 0.15) is 0 Å². The zero-order valence-corrected chi connectivity index (χ0v) is 11.1. The Labute approximate surface area is 112 Å². The van der Waals surface area contributed by atoms with Crippen LogP contribution in [-0.4, -0.2) is 23.5 Å². The number of aliphatic hydroxyl groups is 1. The van der Waals surface area contributed by atoms with Gasteiger partial charge in [0, 0.05) is 6.61 Å². The fraction of sp³-hybridized carbons (Fsp3) is 0.467. The summed E-state index contributed by atoms with van der Waals surface area (Å²) < 4.78 is 0. The first-order valence-electron chi connectivity index (χ1n) is 6.58. The lowest BCUT2D eigenvalue weighted by atomic mass is 9.72. The van der Waals surface area contributed by atoms with Gasteiger partial charge in [-0.15, -0.1) is 0 Å². The molecule has 0 bridgehead atoms. The Balaban J connectivity index is 2.22. The predicted octanol–water partition coefficient (Wildman–Crippen LogP) is 1.28. The first kappa shape index (κ1) is 13.7. The molecule has 0 aliphatic carbocycles. The van der Waals surface area contributed by atoms with Crippen LogP contribution in [0.3, 0.4) is 0 Å². The topological polar surface area (TPSA) is 66.4 Å². The highest BCUT2D eigenvalue weighted by atomic mass is 16.3. The van der Waals surface area contributed by atoms with E-state index >= 15 is 0 Å². The van der Waals surface area contributed by atoms with Crippen LogP contribution < -0.4 is 5.32 Å². The lowest BCUT2D eigenvalue weighted by molar-refractivity contribution is -0.128. The van der Waals surface area contributed by atoms with Crippen molar-refractivity contribution < 1.29 is 14.7 Å².